The molecule has 1 aliphatic rings. The van der Waals surface area contributed by atoms with Crippen LogP contribution in [0.5, 0.6) is 0 Å². The van der Waals surface area contributed by atoms with Crippen molar-refractivity contribution < 1.29 is 8.42 Å². The van der Waals surface area contributed by atoms with Gasteiger partial charge in [-0.05, 0) is 30.7 Å². The van der Waals surface area contributed by atoms with Gasteiger partial charge in [0.25, 0.3) is 0 Å². The van der Waals surface area contributed by atoms with E-state index >= 15 is 0 Å². The SMILES string of the molecule is CC(C)c1ccc(S(=O)(=O)NCCN2CCN(C)CC2)cc1. The third kappa shape index (κ3) is 4.78. The van der Waals surface area contributed by atoms with Gasteiger partial charge in [0.1, 0.15) is 0 Å². The lowest BCUT2D eigenvalue weighted by molar-refractivity contribution is 0.156. The molecule has 0 atom stereocenters. The summed E-state index contributed by atoms with van der Waals surface area (Å²) in [6.07, 6.45) is 0. The van der Waals surface area contributed by atoms with Crippen LogP contribution in [0.15, 0.2) is 29.2 Å². The van der Waals surface area contributed by atoms with E-state index in [4.69, 9.17) is 0 Å². The zero-order valence-corrected chi connectivity index (χ0v) is 14.6. The summed E-state index contributed by atoms with van der Waals surface area (Å²) in [5.41, 5.74) is 1.15. The zero-order valence-electron chi connectivity index (χ0n) is 13.7. The van der Waals surface area contributed by atoms with E-state index in [1.165, 1.54) is 0 Å². The molecule has 1 aromatic rings. The van der Waals surface area contributed by atoms with Crippen LogP contribution in [-0.4, -0.2) is 64.5 Å². The van der Waals surface area contributed by atoms with Gasteiger partial charge in [0, 0.05) is 39.3 Å². The number of nitrogens with zero attached hydrogens (tertiary/aromatic N) is 2. The maximum absolute atomic E-state index is 12.3. The highest BCUT2D eigenvalue weighted by atomic mass is 32.2. The molecule has 0 amide bonds. The van der Waals surface area contributed by atoms with Gasteiger partial charge in [-0.2, -0.15) is 0 Å². The van der Waals surface area contributed by atoms with Crippen molar-refractivity contribution in [1.82, 2.24) is 14.5 Å². The number of hydrogen-bond donors (Lipinski definition) is 1. The first-order valence-electron chi connectivity index (χ1n) is 7.89. The number of hydrogen-bond acceptors (Lipinski definition) is 4. The Morgan fingerprint density at radius 1 is 1.09 bits per heavy atom. The van der Waals surface area contributed by atoms with Crippen LogP contribution >= 0.6 is 0 Å². The molecule has 2 rings (SSSR count). The summed E-state index contributed by atoms with van der Waals surface area (Å²) in [5.74, 6) is 0.405. The molecule has 0 aromatic heterocycles. The molecule has 5 nitrogen and oxygen atoms in total. The first-order chi connectivity index (χ1) is 10.4. The van der Waals surface area contributed by atoms with E-state index in [2.05, 4.69) is 35.4 Å². The van der Waals surface area contributed by atoms with Gasteiger partial charge in [-0.25, -0.2) is 13.1 Å². The molecule has 1 heterocycles. The lowest BCUT2D eigenvalue weighted by Gasteiger charge is -2.32. The monoisotopic (exact) mass is 325 g/mol. The second kappa shape index (κ2) is 7.55. The maximum atomic E-state index is 12.3. The molecule has 22 heavy (non-hydrogen) atoms. The molecule has 0 spiro atoms. The highest BCUT2D eigenvalue weighted by molar-refractivity contribution is 7.89. The molecule has 0 aliphatic carbocycles. The van der Waals surface area contributed by atoms with Crippen LogP contribution in [0.3, 0.4) is 0 Å². The number of nitrogens with one attached hydrogen (secondary N) is 1. The van der Waals surface area contributed by atoms with Crippen LogP contribution in [0.1, 0.15) is 25.3 Å². The van der Waals surface area contributed by atoms with Gasteiger partial charge in [-0.15, -0.1) is 0 Å². The Hall–Kier alpha value is -0.950. The number of piperazine rings is 1. The van der Waals surface area contributed by atoms with Crippen molar-refractivity contribution in [1.29, 1.82) is 0 Å². The molecule has 0 radical (unpaired) electrons. The first kappa shape index (κ1) is 17.4. The fraction of sp³-hybridized carbons (Fsp3) is 0.625. The summed E-state index contributed by atoms with van der Waals surface area (Å²) in [7, 11) is -1.29. The summed E-state index contributed by atoms with van der Waals surface area (Å²) in [4.78, 5) is 4.93. The van der Waals surface area contributed by atoms with Crippen molar-refractivity contribution in [3.05, 3.63) is 29.8 Å². The predicted molar refractivity (Wildman–Crippen MR) is 89.7 cm³/mol. The molecule has 1 saturated heterocycles. The van der Waals surface area contributed by atoms with Gasteiger partial charge in [0.2, 0.25) is 10.0 Å². The topological polar surface area (TPSA) is 52.7 Å². The number of rotatable bonds is 6. The van der Waals surface area contributed by atoms with Crippen LogP contribution in [0.25, 0.3) is 0 Å². The minimum atomic E-state index is -3.40. The van der Waals surface area contributed by atoms with Crippen molar-refractivity contribution in [3.63, 3.8) is 0 Å². The lowest BCUT2D eigenvalue weighted by Crippen LogP contribution is -2.46. The van der Waals surface area contributed by atoms with Crippen molar-refractivity contribution >= 4 is 10.0 Å². The Labute approximate surface area is 134 Å². The average molecular weight is 325 g/mol. The number of sulfonamides is 1. The van der Waals surface area contributed by atoms with Crippen LogP contribution in [0.2, 0.25) is 0 Å². The zero-order chi connectivity index (χ0) is 16.2. The van der Waals surface area contributed by atoms with Gasteiger partial charge in [0.05, 0.1) is 4.90 Å². The molecule has 1 aromatic carbocycles. The molecule has 1 N–H and O–H groups in total. The minimum absolute atomic E-state index is 0.343. The predicted octanol–water partition coefficient (Wildman–Crippen LogP) is 1.34. The Bertz CT molecular complexity index is 562. The molecule has 124 valence electrons. The number of benzene rings is 1. The Morgan fingerprint density at radius 3 is 2.23 bits per heavy atom. The smallest absolute Gasteiger partial charge is 0.240 e. The summed E-state index contributed by atoms with van der Waals surface area (Å²) in [6.45, 7) is 9.50. The highest BCUT2D eigenvalue weighted by Gasteiger charge is 2.16. The Balaban J connectivity index is 1.85. The third-order valence-electron chi connectivity index (χ3n) is 4.17. The van der Waals surface area contributed by atoms with Crippen LogP contribution in [0.4, 0.5) is 0 Å². The molecule has 0 saturated carbocycles. The molecule has 1 aliphatic heterocycles. The van der Waals surface area contributed by atoms with Crippen molar-refractivity contribution in [2.45, 2.75) is 24.7 Å². The van der Waals surface area contributed by atoms with Gasteiger partial charge < -0.3 is 4.90 Å². The van der Waals surface area contributed by atoms with Gasteiger partial charge in [0.15, 0.2) is 0 Å². The fourth-order valence-corrected chi connectivity index (χ4v) is 3.55. The highest BCUT2D eigenvalue weighted by Crippen LogP contribution is 2.17. The average Bonchev–Trinajstić information content (AvgIpc) is 2.49. The largest absolute Gasteiger partial charge is 0.304 e. The first-order valence-corrected chi connectivity index (χ1v) is 9.37. The van der Waals surface area contributed by atoms with Gasteiger partial charge >= 0.3 is 0 Å². The van der Waals surface area contributed by atoms with Crippen molar-refractivity contribution in [2.24, 2.45) is 0 Å². The van der Waals surface area contributed by atoms with Gasteiger partial charge in [-0.1, -0.05) is 26.0 Å². The summed E-state index contributed by atoms with van der Waals surface area (Å²) in [6, 6.07) is 7.15. The molecule has 1 fully saturated rings. The van der Waals surface area contributed by atoms with E-state index in [9.17, 15) is 8.42 Å². The Kier molecular flexibility index (Phi) is 5.97. The summed E-state index contributed by atoms with van der Waals surface area (Å²) >= 11 is 0. The van der Waals surface area contributed by atoms with E-state index in [1.807, 2.05) is 12.1 Å². The van der Waals surface area contributed by atoms with E-state index in [-0.39, 0.29) is 0 Å². The lowest BCUT2D eigenvalue weighted by atomic mass is 10.0. The standard InChI is InChI=1S/C16H27N3O2S/c1-14(2)15-4-6-16(7-5-15)22(20,21)17-8-9-19-12-10-18(3)11-13-19/h4-7,14,17H,8-13H2,1-3H3. The Morgan fingerprint density at radius 2 is 1.68 bits per heavy atom. The summed E-state index contributed by atoms with van der Waals surface area (Å²) < 4.78 is 27.2. The quantitative estimate of drug-likeness (QED) is 0.857. The van der Waals surface area contributed by atoms with E-state index in [0.29, 0.717) is 17.4 Å². The molecular weight excluding hydrogens is 298 g/mol. The molecule has 0 bridgehead atoms. The summed E-state index contributed by atoms with van der Waals surface area (Å²) in [5, 5.41) is 0. The molecular formula is C16H27N3O2S. The third-order valence-corrected chi connectivity index (χ3v) is 5.65. The van der Waals surface area contributed by atoms with Crippen LogP contribution in [-0.2, 0) is 10.0 Å². The minimum Gasteiger partial charge on any atom is -0.304 e. The van der Waals surface area contributed by atoms with Gasteiger partial charge in [-0.3, -0.25) is 4.90 Å². The fourth-order valence-electron chi connectivity index (χ4n) is 2.52. The van der Waals surface area contributed by atoms with E-state index in [0.717, 1.165) is 38.3 Å². The second-order valence-corrected chi connectivity index (χ2v) is 8.03. The van der Waals surface area contributed by atoms with Crippen molar-refractivity contribution in [3.8, 4) is 0 Å². The van der Waals surface area contributed by atoms with E-state index in [1.54, 1.807) is 12.1 Å². The van der Waals surface area contributed by atoms with E-state index < -0.39 is 10.0 Å². The molecule has 6 heteroatoms. The second-order valence-electron chi connectivity index (χ2n) is 6.27. The molecule has 0 unspecified atom stereocenters. The van der Waals surface area contributed by atoms with Crippen LogP contribution < -0.4 is 4.72 Å². The maximum Gasteiger partial charge on any atom is 0.240 e. The number of likely N-dealkylation sites (N-methyl/N-ethyl adjacent to an activating group) is 1. The normalized spacial score (nSPS) is 18.0. The van der Waals surface area contributed by atoms with Crippen molar-refractivity contribution in [2.75, 3.05) is 46.3 Å². The van der Waals surface area contributed by atoms with Crippen LogP contribution in [0, 0.1) is 0 Å².